The molecule has 3 aromatic carbocycles. The highest BCUT2D eigenvalue weighted by atomic mass is 32.2. The highest BCUT2D eigenvalue weighted by molar-refractivity contribution is 8.00. The number of carbonyl (C=O) groups excluding carboxylic acids is 1. The highest BCUT2D eigenvalue weighted by Crippen LogP contribution is 2.52. The van der Waals surface area contributed by atoms with Crippen LogP contribution in [0.25, 0.3) is 5.70 Å². The molecule has 0 bridgehead atoms. The smallest absolute Gasteiger partial charge is 0.193 e. The Hall–Kier alpha value is -2.98. The van der Waals surface area contributed by atoms with Gasteiger partial charge in [-0.25, -0.2) is 0 Å². The molecular weight excluding hydrogens is 366 g/mol. The van der Waals surface area contributed by atoms with Crippen molar-refractivity contribution in [3.63, 3.8) is 0 Å². The van der Waals surface area contributed by atoms with Crippen molar-refractivity contribution in [2.75, 3.05) is 11.9 Å². The molecule has 1 atom stereocenters. The molecule has 0 aromatic heterocycles. The predicted octanol–water partition coefficient (Wildman–Crippen LogP) is 5.95. The normalized spacial score (nSPS) is 17.3. The zero-order valence-corrected chi connectivity index (χ0v) is 16.3. The van der Waals surface area contributed by atoms with Gasteiger partial charge in [-0.05, 0) is 36.8 Å². The van der Waals surface area contributed by atoms with Crippen LogP contribution in [-0.4, -0.2) is 12.4 Å². The third-order valence-electron chi connectivity index (χ3n) is 5.10. The number of hydrogen-bond acceptors (Lipinski definition) is 4. The average Bonchev–Trinajstić information content (AvgIpc) is 2.90. The Morgan fingerprint density at radius 2 is 1.64 bits per heavy atom. The number of nitrogens with one attached hydrogen (secondary N) is 1. The summed E-state index contributed by atoms with van der Waals surface area (Å²) in [5.41, 5.74) is 5.65. The number of ether oxygens (including phenoxy) is 1. The molecule has 1 unspecified atom stereocenters. The summed E-state index contributed by atoms with van der Waals surface area (Å²) in [6.45, 7) is 2.61. The van der Waals surface area contributed by atoms with E-state index in [2.05, 4.69) is 29.6 Å². The molecule has 0 amide bonds. The molecule has 0 fully saturated rings. The summed E-state index contributed by atoms with van der Waals surface area (Å²) in [5, 5.41) is 3.47. The lowest BCUT2D eigenvalue weighted by Crippen LogP contribution is -2.07. The Morgan fingerprint density at radius 1 is 0.929 bits per heavy atom. The first-order chi connectivity index (χ1) is 13.8. The van der Waals surface area contributed by atoms with Gasteiger partial charge >= 0.3 is 0 Å². The Morgan fingerprint density at radius 3 is 2.43 bits per heavy atom. The number of anilines is 1. The Labute approximate surface area is 168 Å². The SMILES string of the molecule is CCOc1ccc(C2Sc3ccccc3NC3=C2C(=O)c2ccccc23)cc1. The van der Waals surface area contributed by atoms with Crippen molar-refractivity contribution in [1.82, 2.24) is 0 Å². The number of benzene rings is 3. The number of rotatable bonds is 3. The molecule has 2 aliphatic rings. The molecule has 1 aliphatic carbocycles. The number of para-hydroxylation sites is 1. The van der Waals surface area contributed by atoms with Gasteiger partial charge in [-0.15, -0.1) is 11.8 Å². The second-order valence-electron chi connectivity index (χ2n) is 6.78. The number of fused-ring (bicyclic) bond motifs is 3. The molecule has 5 rings (SSSR count). The topological polar surface area (TPSA) is 38.3 Å². The van der Waals surface area contributed by atoms with Crippen LogP contribution in [0.15, 0.2) is 83.3 Å². The molecule has 3 nitrogen and oxygen atoms in total. The minimum atomic E-state index is -0.0817. The molecule has 1 aliphatic heterocycles. The molecule has 138 valence electrons. The van der Waals surface area contributed by atoms with Gasteiger partial charge in [0.25, 0.3) is 0 Å². The maximum absolute atomic E-state index is 13.4. The van der Waals surface area contributed by atoms with E-state index in [1.807, 2.05) is 55.5 Å². The van der Waals surface area contributed by atoms with E-state index < -0.39 is 0 Å². The monoisotopic (exact) mass is 385 g/mol. The second-order valence-corrected chi connectivity index (χ2v) is 7.93. The third-order valence-corrected chi connectivity index (χ3v) is 6.46. The van der Waals surface area contributed by atoms with E-state index in [1.54, 1.807) is 11.8 Å². The van der Waals surface area contributed by atoms with Crippen molar-refractivity contribution in [2.45, 2.75) is 17.1 Å². The van der Waals surface area contributed by atoms with Gasteiger partial charge in [0.1, 0.15) is 5.75 Å². The molecule has 0 spiro atoms. The van der Waals surface area contributed by atoms with Gasteiger partial charge in [-0.3, -0.25) is 4.79 Å². The summed E-state index contributed by atoms with van der Waals surface area (Å²) in [6, 6.07) is 24.2. The second kappa shape index (κ2) is 6.88. The molecule has 28 heavy (non-hydrogen) atoms. The molecule has 3 aromatic rings. The molecule has 0 saturated heterocycles. The first-order valence-electron chi connectivity index (χ1n) is 9.40. The van der Waals surface area contributed by atoms with Crippen molar-refractivity contribution in [2.24, 2.45) is 0 Å². The van der Waals surface area contributed by atoms with Gasteiger partial charge in [0, 0.05) is 21.6 Å². The number of thioether (sulfide) groups is 1. The Bertz CT molecular complexity index is 1100. The van der Waals surface area contributed by atoms with Crippen LogP contribution in [0.3, 0.4) is 0 Å². The van der Waals surface area contributed by atoms with Crippen LogP contribution in [0.4, 0.5) is 5.69 Å². The van der Waals surface area contributed by atoms with E-state index >= 15 is 0 Å². The number of carbonyl (C=O) groups is 1. The minimum Gasteiger partial charge on any atom is -0.494 e. The van der Waals surface area contributed by atoms with Crippen molar-refractivity contribution in [1.29, 1.82) is 0 Å². The summed E-state index contributed by atoms with van der Waals surface area (Å²) < 4.78 is 5.59. The van der Waals surface area contributed by atoms with Gasteiger partial charge in [0.2, 0.25) is 0 Å². The van der Waals surface area contributed by atoms with E-state index in [1.165, 1.54) is 0 Å². The fraction of sp³-hybridized carbons (Fsp3) is 0.125. The molecular formula is C24H19NO2S. The standard InChI is InChI=1S/C24H19NO2S/c1-2-27-16-13-11-15(12-14-16)24-21-22(17-7-3-4-8-18(17)23(21)26)25-19-9-5-6-10-20(19)28-24/h3-14,24-25H,2H2,1H3. The molecule has 1 N–H and O–H groups in total. The van der Waals surface area contributed by atoms with E-state index in [9.17, 15) is 4.79 Å². The first-order valence-corrected chi connectivity index (χ1v) is 10.3. The summed E-state index contributed by atoms with van der Waals surface area (Å²) in [7, 11) is 0. The van der Waals surface area contributed by atoms with Crippen LogP contribution < -0.4 is 10.1 Å². The third kappa shape index (κ3) is 2.72. The fourth-order valence-electron chi connectivity index (χ4n) is 3.82. The van der Waals surface area contributed by atoms with Crippen molar-refractivity contribution in [3.8, 4) is 5.75 Å². The minimum absolute atomic E-state index is 0.0817. The van der Waals surface area contributed by atoms with E-state index in [0.717, 1.165) is 44.3 Å². The Kier molecular flexibility index (Phi) is 4.21. The van der Waals surface area contributed by atoms with Crippen molar-refractivity contribution >= 4 is 28.9 Å². The van der Waals surface area contributed by atoms with E-state index in [4.69, 9.17) is 4.74 Å². The summed E-state index contributed by atoms with van der Waals surface area (Å²) in [6.07, 6.45) is 0. The quantitative estimate of drug-likeness (QED) is 0.604. The van der Waals surface area contributed by atoms with Gasteiger partial charge in [-0.1, -0.05) is 48.5 Å². The lowest BCUT2D eigenvalue weighted by molar-refractivity contribution is 0.103. The molecule has 4 heteroatoms. The average molecular weight is 385 g/mol. The van der Waals surface area contributed by atoms with Crippen molar-refractivity contribution < 1.29 is 9.53 Å². The summed E-state index contributed by atoms with van der Waals surface area (Å²) in [5.74, 6) is 0.955. The Balaban J connectivity index is 1.67. The van der Waals surface area contributed by atoms with Crippen LogP contribution in [0.2, 0.25) is 0 Å². The predicted molar refractivity (Wildman–Crippen MR) is 114 cm³/mol. The van der Waals surface area contributed by atoms with E-state index in [-0.39, 0.29) is 11.0 Å². The lowest BCUT2D eigenvalue weighted by atomic mass is 10.0. The van der Waals surface area contributed by atoms with Gasteiger partial charge in [0.15, 0.2) is 5.78 Å². The highest BCUT2D eigenvalue weighted by Gasteiger charge is 2.37. The van der Waals surface area contributed by atoms with Crippen LogP contribution in [-0.2, 0) is 0 Å². The maximum atomic E-state index is 13.4. The lowest BCUT2D eigenvalue weighted by Gasteiger charge is -2.17. The van der Waals surface area contributed by atoms with Gasteiger partial charge < -0.3 is 10.1 Å². The summed E-state index contributed by atoms with van der Waals surface area (Å²) in [4.78, 5) is 14.5. The molecule has 0 saturated carbocycles. The first kappa shape index (κ1) is 17.1. The summed E-state index contributed by atoms with van der Waals surface area (Å²) >= 11 is 1.72. The largest absolute Gasteiger partial charge is 0.494 e. The van der Waals surface area contributed by atoms with E-state index in [0.29, 0.717) is 6.61 Å². The van der Waals surface area contributed by atoms with Crippen LogP contribution in [0.1, 0.15) is 33.7 Å². The van der Waals surface area contributed by atoms with Crippen molar-refractivity contribution in [3.05, 3.63) is 95.1 Å². The number of hydrogen-bond donors (Lipinski definition) is 1. The molecule has 0 radical (unpaired) electrons. The zero-order valence-electron chi connectivity index (χ0n) is 15.4. The van der Waals surface area contributed by atoms with Gasteiger partial charge in [-0.2, -0.15) is 0 Å². The van der Waals surface area contributed by atoms with Crippen LogP contribution in [0, 0.1) is 0 Å². The molecule has 1 heterocycles. The van der Waals surface area contributed by atoms with Crippen LogP contribution in [0.5, 0.6) is 5.75 Å². The number of Topliss-reactive ketones (excluding diaryl/α,β-unsaturated/α-hetero) is 1. The number of ketones is 1. The fourth-order valence-corrected chi connectivity index (χ4v) is 5.11. The maximum Gasteiger partial charge on any atom is 0.193 e. The zero-order chi connectivity index (χ0) is 19.1. The van der Waals surface area contributed by atoms with Gasteiger partial charge in [0.05, 0.1) is 23.2 Å². The van der Waals surface area contributed by atoms with Crippen LogP contribution >= 0.6 is 11.8 Å².